The van der Waals surface area contributed by atoms with Gasteiger partial charge in [-0.05, 0) is 42.4 Å². The summed E-state index contributed by atoms with van der Waals surface area (Å²) in [5.74, 6) is 4.17. The van der Waals surface area contributed by atoms with E-state index in [9.17, 15) is 5.11 Å². The summed E-state index contributed by atoms with van der Waals surface area (Å²) in [5.41, 5.74) is 0. The Labute approximate surface area is 67.8 Å². The molecule has 1 N–H and O–H groups in total. The van der Waals surface area contributed by atoms with E-state index in [1.165, 1.54) is 19.3 Å². The molecule has 0 amide bonds. The predicted molar refractivity (Wildman–Crippen MR) is 43.0 cm³/mol. The topological polar surface area (TPSA) is 20.2 Å². The molecule has 4 aliphatic rings. The van der Waals surface area contributed by atoms with Crippen LogP contribution in [0.5, 0.6) is 0 Å². The molecule has 0 aromatic rings. The Kier molecular flexibility index (Phi) is 1.07. The Morgan fingerprint density at radius 1 is 1.27 bits per heavy atom. The molecule has 4 rings (SSSR count). The third kappa shape index (κ3) is 0.547. The zero-order valence-corrected chi connectivity index (χ0v) is 7.03. The second kappa shape index (κ2) is 1.82. The van der Waals surface area contributed by atoms with Crippen molar-refractivity contribution in [3.8, 4) is 0 Å². The molecule has 0 aromatic carbocycles. The Bertz CT molecular complexity index is 187. The van der Waals surface area contributed by atoms with Crippen LogP contribution in [0.4, 0.5) is 0 Å². The van der Waals surface area contributed by atoms with Crippen LogP contribution in [0.1, 0.15) is 26.2 Å². The van der Waals surface area contributed by atoms with Gasteiger partial charge in [-0.2, -0.15) is 0 Å². The maximum absolute atomic E-state index is 9.83. The van der Waals surface area contributed by atoms with Crippen molar-refractivity contribution >= 4 is 0 Å². The normalized spacial score (nSPS) is 64.9. The number of hydrogen-bond donors (Lipinski definition) is 1. The number of aliphatic hydroxyl groups is 1. The van der Waals surface area contributed by atoms with E-state index >= 15 is 0 Å². The van der Waals surface area contributed by atoms with E-state index in [1.807, 2.05) is 0 Å². The molecule has 0 spiro atoms. The maximum atomic E-state index is 9.83. The van der Waals surface area contributed by atoms with Crippen LogP contribution in [0.15, 0.2) is 0 Å². The molecular formula is C10H16O. The minimum atomic E-state index is 0.101. The van der Waals surface area contributed by atoms with Gasteiger partial charge in [0.15, 0.2) is 0 Å². The van der Waals surface area contributed by atoms with Crippen molar-refractivity contribution in [2.75, 3.05) is 0 Å². The summed E-state index contributed by atoms with van der Waals surface area (Å²) in [7, 11) is 0. The van der Waals surface area contributed by atoms with Gasteiger partial charge in [0.2, 0.25) is 0 Å². The Morgan fingerprint density at radius 3 is 2.36 bits per heavy atom. The van der Waals surface area contributed by atoms with Gasteiger partial charge in [-0.15, -0.1) is 0 Å². The average molecular weight is 152 g/mol. The van der Waals surface area contributed by atoms with Crippen molar-refractivity contribution in [3.05, 3.63) is 0 Å². The molecule has 4 saturated carbocycles. The number of aliphatic hydroxyl groups excluding tert-OH is 1. The second-order valence-electron chi connectivity index (χ2n) is 4.70. The number of rotatable bonds is 1. The number of hydrogen-bond acceptors (Lipinski definition) is 1. The van der Waals surface area contributed by atoms with Crippen molar-refractivity contribution < 1.29 is 5.11 Å². The van der Waals surface area contributed by atoms with Crippen LogP contribution in [0.25, 0.3) is 0 Å². The van der Waals surface area contributed by atoms with Crippen molar-refractivity contribution in [1.82, 2.24) is 0 Å². The third-order valence-corrected chi connectivity index (χ3v) is 4.59. The lowest BCUT2D eigenvalue weighted by Crippen LogP contribution is -2.19. The summed E-state index contributed by atoms with van der Waals surface area (Å²) in [5, 5.41) is 9.83. The molecule has 6 atom stereocenters. The minimum Gasteiger partial charge on any atom is -0.393 e. The first-order chi connectivity index (χ1) is 5.33. The van der Waals surface area contributed by atoms with Gasteiger partial charge >= 0.3 is 0 Å². The molecule has 6 unspecified atom stereocenters. The van der Waals surface area contributed by atoms with Crippen molar-refractivity contribution in [2.24, 2.45) is 29.6 Å². The molecule has 4 aliphatic carbocycles. The highest BCUT2D eigenvalue weighted by Crippen LogP contribution is 2.66. The Balaban J connectivity index is 1.97. The summed E-state index contributed by atoms with van der Waals surface area (Å²) in [6.45, 7) is 2.29. The second-order valence-corrected chi connectivity index (χ2v) is 4.70. The van der Waals surface area contributed by atoms with E-state index in [0.29, 0.717) is 0 Å². The van der Waals surface area contributed by atoms with Gasteiger partial charge in [-0.25, -0.2) is 0 Å². The summed E-state index contributed by atoms with van der Waals surface area (Å²) >= 11 is 0. The molecule has 1 nitrogen and oxygen atoms in total. The van der Waals surface area contributed by atoms with E-state index in [0.717, 1.165) is 29.6 Å². The smallest absolute Gasteiger partial charge is 0.0604 e. The SMILES string of the molecule is CCC1C2CC3CC2C(O)C31. The summed E-state index contributed by atoms with van der Waals surface area (Å²) in [4.78, 5) is 0. The highest BCUT2D eigenvalue weighted by atomic mass is 16.3. The lowest BCUT2D eigenvalue weighted by atomic mass is 9.87. The molecule has 4 fully saturated rings. The van der Waals surface area contributed by atoms with E-state index in [4.69, 9.17) is 0 Å². The molecule has 0 aromatic heterocycles. The molecule has 62 valence electrons. The maximum Gasteiger partial charge on any atom is 0.0604 e. The largest absolute Gasteiger partial charge is 0.393 e. The van der Waals surface area contributed by atoms with Crippen molar-refractivity contribution in [2.45, 2.75) is 32.3 Å². The lowest BCUT2D eigenvalue weighted by Gasteiger charge is -2.18. The Hall–Kier alpha value is -0.0400. The standard InChI is InChI=1S/C10H16O/c1-2-6-7-3-5-4-8(7)10(11)9(5)6/h5-11H,2-4H2,1H3. The zero-order valence-electron chi connectivity index (χ0n) is 7.03. The monoisotopic (exact) mass is 152 g/mol. The Morgan fingerprint density at radius 2 is 2.00 bits per heavy atom. The predicted octanol–water partition coefficient (Wildman–Crippen LogP) is 1.66. The summed E-state index contributed by atoms with van der Waals surface area (Å²) in [6, 6.07) is 0. The van der Waals surface area contributed by atoms with Crippen LogP contribution in [-0.4, -0.2) is 11.2 Å². The van der Waals surface area contributed by atoms with Gasteiger partial charge in [0, 0.05) is 0 Å². The molecule has 1 heteroatoms. The highest BCUT2D eigenvalue weighted by molar-refractivity contribution is 5.12. The van der Waals surface area contributed by atoms with Gasteiger partial charge in [0.1, 0.15) is 0 Å². The quantitative estimate of drug-likeness (QED) is 0.606. The first kappa shape index (κ1) is 6.47. The summed E-state index contributed by atoms with van der Waals surface area (Å²) < 4.78 is 0. The van der Waals surface area contributed by atoms with Gasteiger partial charge in [-0.1, -0.05) is 13.3 Å². The van der Waals surface area contributed by atoms with Crippen LogP contribution >= 0.6 is 0 Å². The van der Waals surface area contributed by atoms with Crippen molar-refractivity contribution in [1.29, 1.82) is 0 Å². The minimum absolute atomic E-state index is 0.101. The lowest BCUT2D eigenvalue weighted by molar-refractivity contribution is 0.0973. The van der Waals surface area contributed by atoms with Crippen LogP contribution < -0.4 is 0 Å². The average Bonchev–Trinajstić information content (AvgIpc) is 2.65. The highest BCUT2D eigenvalue weighted by Gasteiger charge is 2.63. The van der Waals surface area contributed by atoms with Gasteiger partial charge in [-0.3, -0.25) is 0 Å². The fourth-order valence-electron chi connectivity index (χ4n) is 4.37. The summed E-state index contributed by atoms with van der Waals surface area (Å²) in [6.07, 6.45) is 4.21. The van der Waals surface area contributed by atoms with Crippen LogP contribution in [0, 0.1) is 29.6 Å². The van der Waals surface area contributed by atoms with Crippen LogP contribution in [-0.2, 0) is 0 Å². The first-order valence-corrected chi connectivity index (χ1v) is 5.01. The van der Waals surface area contributed by atoms with E-state index in [2.05, 4.69) is 6.92 Å². The van der Waals surface area contributed by atoms with Crippen LogP contribution in [0.3, 0.4) is 0 Å². The fourth-order valence-corrected chi connectivity index (χ4v) is 4.37. The molecule has 0 aliphatic heterocycles. The molecule has 0 radical (unpaired) electrons. The molecule has 11 heavy (non-hydrogen) atoms. The van der Waals surface area contributed by atoms with E-state index in [1.54, 1.807) is 0 Å². The van der Waals surface area contributed by atoms with Gasteiger partial charge in [0.05, 0.1) is 6.10 Å². The van der Waals surface area contributed by atoms with Gasteiger partial charge in [0.25, 0.3) is 0 Å². The molecule has 0 heterocycles. The van der Waals surface area contributed by atoms with E-state index in [-0.39, 0.29) is 6.10 Å². The zero-order chi connectivity index (χ0) is 7.59. The first-order valence-electron chi connectivity index (χ1n) is 5.01. The van der Waals surface area contributed by atoms with E-state index < -0.39 is 0 Å². The van der Waals surface area contributed by atoms with Crippen molar-refractivity contribution in [3.63, 3.8) is 0 Å². The van der Waals surface area contributed by atoms with Crippen LogP contribution in [0.2, 0.25) is 0 Å². The third-order valence-electron chi connectivity index (χ3n) is 4.59. The fraction of sp³-hybridized carbons (Fsp3) is 1.00. The molecule has 4 bridgehead atoms. The van der Waals surface area contributed by atoms with Gasteiger partial charge < -0.3 is 5.11 Å². The molecule has 0 saturated heterocycles. The molecular weight excluding hydrogens is 136 g/mol.